The Morgan fingerprint density at radius 2 is 0.700 bits per heavy atom. The minimum absolute atomic E-state index is 0. The molecule has 0 amide bonds. The second-order valence-electron chi connectivity index (χ2n) is 0.949. The summed E-state index contributed by atoms with van der Waals surface area (Å²) in [5, 5.41) is 22.7. The van der Waals surface area contributed by atoms with Crippen LogP contribution in [0.25, 0.3) is 0 Å². The van der Waals surface area contributed by atoms with Crippen LogP contribution in [-0.4, -0.2) is 52.5 Å². The molecule has 0 fully saturated rings. The molecular formula is C6H18AlO3. The molecule has 0 aliphatic carbocycles. The van der Waals surface area contributed by atoms with Gasteiger partial charge in [0.25, 0.3) is 0 Å². The van der Waals surface area contributed by atoms with Crippen molar-refractivity contribution < 1.29 is 15.3 Å². The molecular weight excluding hydrogens is 147 g/mol. The quantitative estimate of drug-likeness (QED) is 0.429. The minimum Gasteiger partial charge on any atom is -0.397 e. The lowest BCUT2D eigenvalue weighted by Gasteiger charge is -1.52. The number of aliphatic hydroxyl groups is 3. The van der Waals surface area contributed by atoms with Gasteiger partial charge in [-0.1, -0.05) is 0 Å². The summed E-state index contributed by atoms with van der Waals surface area (Å²) < 4.78 is 0. The highest BCUT2D eigenvalue weighted by Crippen LogP contribution is 1.30. The monoisotopic (exact) mass is 165 g/mol. The van der Waals surface area contributed by atoms with Crippen molar-refractivity contribution in [3.05, 3.63) is 0 Å². The molecule has 10 heavy (non-hydrogen) atoms. The van der Waals surface area contributed by atoms with Crippen molar-refractivity contribution in [3.63, 3.8) is 0 Å². The summed E-state index contributed by atoms with van der Waals surface area (Å²) in [6.45, 7) is 5.79. The largest absolute Gasteiger partial charge is 0.397 e. The summed E-state index contributed by atoms with van der Waals surface area (Å²) >= 11 is 0. The van der Waals surface area contributed by atoms with E-state index in [1.54, 1.807) is 20.8 Å². The highest BCUT2D eigenvalue weighted by atomic mass is 27.0. The number of hydrogen-bond donors (Lipinski definition) is 3. The topological polar surface area (TPSA) is 60.7 Å². The highest BCUT2D eigenvalue weighted by molar-refractivity contribution is 5.75. The molecule has 0 unspecified atom stereocenters. The Bertz CT molecular complexity index is 17.7. The van der Waals surface area contributed by atoms with Gasteiger partial charge < -0.3 is 15.3 Å². The van der Waals surface area contributed by atoms with E-state index >= 15 is 0 Å². The van der Waals surface area contributed by atoms with Gasteiger partial charge in [-0.2, -0.15) is 0 Å². The summed E-state index contributed by atoms with van der Waals surface area (Å²) in [5.41, 5.74) is 0. The summed E-state index contributed by atoms with van der Waals surface area (Å²) in [4.78, 5) is 0. The lowest BCUT2D eigenvalue weighted by atomic mass is 10.9. The molecule has 3 N–H and O–H groups in total. The molecule has 0 atom stereocenters. The molecule has 0 spiro atoms. The van der Waals surface area contributed by atoms with Gasteiger partial charge in [0.15, 0.2) is 0 Å². The van der Waals surface area contributed by atoms with Crippen LogP contribution in [0.2, 0.25) is 0 Å². The predicted octanol–water partition coefficient (Wildman–Crippen LogP) is -0.385. The third-order valence-corrected chi connectivity index (χ3v) is 0. The van der Waals surface area contributed by atoms with Gasteiger partial charge in [-0.3, -0.25) is 0 Å². The lowest BCUT2D eigenvalue weighted by Crippen LogP contribution is -1.57. The minimum atomic E-state index is 0. The number of hydrogen-bond acceptors (Lipinski definition) is 3. The fourth-order valence-electron chi connectivity index (χ4n) is 0. The molecule has 3 nitrogen and oxygen atoms in total. The SMILES string of the molecule is CCO.CCO.CCO.[Al]. The molecule has 0 heterocycles. The van der Waals surface area contributed by atoms with Gasteiger partial charge in [-0.05, 0) is 20.8 Å². The highest BCUT2D eigenvalue weighted by Gasteiger charge is 1.35. The molecule has 4 heteroatoms. The predicted molar refractivity (Wildman–Crippen MR) is 44.0 cm³/mol. The third-order valence-electron chi connectivity index (χ3n) is 0. The van der Waals surface area contributed by atoms with Gasteiger partial charge >= 0.3 is 0 Å². The van der Waals surface area contributed by atoms with Gasteiger partial charge in [0.05, 0.1) is 0 Å². The molecule has 3 radical (unpaired) electrons. The molecule has 0 saturated carbocycles. The summed E-state index contributed by atoms with van der Waals surface area (Å²) in [5.74, 6) is 0. The molecule has 0 saturated heterocycles. The Kier molecular flexibility index (Phi) is 128. The fraction of sp³-hybridized carbons (Fsp3) is 1.00. The van der Waals surface area contributed by atoms with Crippen LogP contribution in [0.1, 0.15) is 20.8 Å². The van der Waals surface area contributed by atoms with E-state index < -0.39 is 0 Å². The summed E-state index contributed by atoms with van der Waals surface area (Å²) in [6, 6.07) is 0. The van der Waals surface area contributed by atoms with Gasteiger partial charge in [-0.25, -0.2) is 0 Å². The molecule has 0 rings (SSSR count). The van der Waals surface area contributed by atoms with E-state index in [9.17, 15) is 0 Å². The Hall–Kier alpha value is 0.412. The average Bonchev–Trinajstić information content (AvgIpc) is 1.70. The Labute approximate surface area is 73.8 Å². The first kappa shape index (κ1) is 22.4. The van der Waals surface area contributed by atoms with E-state index in [-0.39, 0.29) is 37.2 Å². The van der Waals surface area contributed by atoms with Gasteiger partial charge in [-0.15, -0.1) is 0 Å². The van der Waals surface area contributed by atoms with Crippen LogP contribution in [0.15, 0.2) is 0 Å². The normalized spacial score (nSPS) is 5.40. The Morgan fingerprint density at radius 1 is 0.700 bits per heavy atom. The number of rotatable bonds is 0. The van der Waals surface area contributed by atoms with Crippen molar-refractivity contribution in [1.29, 1.82) is 0 Å². The molecule has 0 aromatic carbocycles. The molecule has 0 bridgehead atoms. The van der Waals surface area contributed by atoms with E-state index in [2.05, 4.69) is 0 Å². The zero-order valence-electron chi connectivity index (χ0n) is 7.04. The Balaban J connectivity index is -0.0000000257. The fourth-order valence-corrected chi connectivity index (χ4v) is 0. The first-order valence-electron chi connectivity index (χ1n) is 3.07. The average molecular weight is 165 g/mol. The number of aliphatic hydroxyl groups excluding tert-OH is 3. The summed E-state index contributed by atoms with van der Waals surface area (Å²) in [7, 11) is 0. The van der Waals surface area contributed by atoms with E-state index in [1.165, 1.54) is 0 Å². The molecule has 0 aromatic rings. The zero-order valence-corrected chi connectivity index (χ0v) is 8.20. The first-order valence-corrected chi connectivity index (χ1v) is 3.07. The van der Waals surface area contributed by atoms with Gasteiger partial charge in [0, 0.05) is 37.2 Å². The van der Waals surface area contributed by atoms with Crippen LogP contribution in [0, 0.1) is 0 Å². The third kappa shape index (κ3) is 2720. The molecule has 0 aromatic heterocycles. The Morgan fingerprint density at radius 3 is 0.700 bits per heavy atom. The maximum atomic E-state index is 7.57. The second kappa shape index (κ2) is 57.2. The van der Waals surface area contributed by atoms with Crippen molar-refractivity contribution in [3.8, 4) is 0 Å². The van der Waals surface area contributed by atoms with Crippen molar-refractivity contribution in [2.24, 2.45) is 0 Å². The molecule has 0 aliphatic heterocycles. The van der Waals surface area contributed by atoms with Gasteiger partial charge in [0.1, 0.15) is 0 Å². The van der Waals surface area contributed by atoms with Crippen LogP contribution < -0.4 is 0 Å². The standard InChI is InChI=1S/3C2H6O.Al/c3*1-2-3;/h3*3H,2H2,1H3;. The van der Waals surface area contributed by atoms with Crippen LogP contribution >= 0.6 is 0 Å². The van der Waals surface area contributed by atoms with Crippen molar-refractivity contribution in [2.45, 2.75) is 20.8 Å². The first-order chi connectivity index (χ1) is 4.24. The van der Waals surface area contributed by atoms with E-state index in [4.69, 9.17) is 15.3 Å². The van der Waals surface area contributed by atoms with Crippen LogP contribution in [0.3, 0.4) is 0 Å². The van der Waals surface area contributed by atoms with Crippen LogP contribution in [0.5, 0.6) is 0 Å². The van der Waals surface area contributed by atoms with Crippen molar-refractivity contribution in [2.75, 3.05) is 19.8 Å². The second-order valence-corrected chi connectivity index (χ2v) is 0.949. The molecule has 0 aliphatic rings. The van der Waals surface area contributed by atoms with Crippen LogP contribution in [-0.2, 0) is 0 Å². The lowest BCUT2D eigenvalue weighted by molar-refractivity contribution is 0.318. The van der Waals surface area contributed by atoms with E-state index in [1.807, 2.05) is 0 Å². The van der Waals surface area contributed by atoms with Crippen molar-refractivity contribution in [1.82, 2.24) is 0 Å². The van der Waals surface area contributed by atoms with E-state index in [0.717, 1.165) is 0 Å². The smallest absolute Gasteiger partial charge is 0.0402 e. The maximum absolute atomic E-state index is 7.57. The van der Waals surface area contributed by atoms with Crippen LogP contribution in [0.4, 0.5) is 0 Å². The van der Waals surface area contributed by atoms with E-state index in [0.29, 0.717) is 0 Å². The summed E-state index contributed by atoms with van der Waals surface area (Å²) in [6.07, 6.45) is 0. The maximum Gasteiger partial charge on any atom is 0.0402 e. The van der Waals surface area contributed by atoms with Gasteiger partial charge in [0.2, 0.25) is 0 Å². The molecule has 63 valence electrons. The van der Waals surface area contributed by atoms with Crippen molar-refractivity contribution >= 4 is 17.4 Å². The zero-order chi connectivity index (χ0) is 8.12.